The maximum atomic E-state index is 12.7. The number of carboxylic acids is 1. The van der Waals surface area contributed by atoms with E-state index in [1.807, 2.05) is 0 Å². The van der Waals surface area contributed by atoms with Gasteiger partial charge in [-0.25, -0.2) is 24.2 Å². The summed E-state index contributed by atoms with van der Waals surface area (Å²) in [7, 11) is 2.99. The molecule has 3 amide bonds. The summed E-state index contributed by atoms with van der Waals surface area (Å²) in [5.41, 5.74) is 6.53. The number of nitrogens with one attached hydrogen (secondary N) is 2. The van der Waals surface area contributed by atoms with E-state index < -0.39 is 24.1 Å². The second-order valence-electron chi connectivity index (χ2n) is 8.79. The van der Waals surface area contributed by atoms with Crippen molar-refractivity contribution < 1.29 is 33.7 Å². The van der Waals surface area contributed by atoms with Crippen molar-refractivity contribution in [2.45, 2.75) is 6.17 Å². The second-order valence-corrected chi connectivity index (χ2v) is 9.82. The quantitative estimate of drug-likeness (QED) is 0.226. The van der Waals surface area contributed by atoms with Gasteiger partial charge in [-0.05, 0) is 18.2 Å². The molecule has 4 heterocycles. The Morgan fingerprint density at radius 3 is 2.59 bits per heavy atom. The van der Waals surface area contributed by atoms with E-state index in [1.165, 1.54) is 37.4 Å². The molecule has 0 bridgehead atoms. The smallest absolute Gasteiger partial charge is 0.336 e. The summed E-state index contributed by atoms with van der Waals surface area (Å²) in [6.45, 7) is 1.71. The maximum Gasteiger partial charge on any atom is 0.336 e. The first-order valence-electron chi connectivity index (χ1n) is 12.3. The number of fused-ring (bicyclic) bond motifs is 1. The number of rotatable bonds is 9. The molecular weight excluding hydrogens is 556 g/mol. The number of hydrogen-bond donors (Lipinski definition) is 4. The lowest BCUT2D eigenvalue weighted by atomic mass is 10.1. The molecule has 0 spiro atoms. The van der Waals surface area contributed by atoms with Gasteiger partial charge in [0, 0.05) is 25.4 Å². The number of primary amides is 1. The number of thiazole rings is 1. The largest absolute Gasteiger partial charge is 0.497 e. The van der Waals surface area contributed by atoms with Gasteiger partial charge in [-0.2, -0.15) is 5.10 Å². The number of nitrogens with two attached hydrogens (primary N) is 1. The van der Waals surface area contributed by atoms with Crippen molar-refractivity contribution in [3.8, 4) is 22.1 Å². The number of anilines is 2. The Bertz CT molecular complexity index is 1610. The SMILES string of the molecule is COc1ccc(NC(=O)Nc2ncc(-c3cc(C(=O)O)c4cnn(C(C(N)=O)N5CCOCC5)c4n3)s2)c(OC)c1. The van der Waals surface area contributed by atoms with Crippen LogP contribution in [0.15, 0.2) is 36.7 Å². The fourth-order valence-corrected chi connectivity index (χ4v) is 5.15. The first-order valence-corrected chi connectivity index (χ1v) is 13.1. The van der Waals surface area contributed by atoms with Gasteiger partial charge in [0.15, 0.2) is 16.9 Å². The van der Waals surface area contributed by atoms with Crippen molar-refractivity contribution in [3.05, 3.63) is 42.2 Å². The molecule has 1 saturated heterocycles. The first-order chi connectivity index (χ1) is 19.8. The molecule has 16 heteroatoms. The van der Waals surface area contributed by atoms with E-state index in [0.29, 0.717) is 48.4 Å². The Hall–Kier alpha value is -4.80. The predicted molar refractivity (Wildman–Crippen MR) is 148 cm³/mol. The van der Waals surface area contributed by atoms with Crippen LogP contribution in [0, 0.1) is 0 Å². The number of carbonyl (C=O) groups is 3. The monoisotopic (exact) mass is 582 g/mol. The molecule has 41 heavy (non-hydrogen) atoms. The molecule has 15 nitrogen and oxygen atoms in total. The van der Waals surface area contributed by atoms with E-state index >= 15 is 0 Å². The molecule has 1 aliphatic rings. The Labute approximate surface area is 236 Å². The molecule has 0 radical (unpaired) electrons. The Morgan fingerprint density at radius 2 is 1.90 bits per heavy atom. The van der Waals surface area contributed by atoms with Gasteiger partial charge in [0.1, 0.15) is 11.5 Å². The van der Waals surface area contributed by atoms with Crippen molar-refractivity contribution in [1.29, 1.82) is 0 Å². The van der Waals surface area contributed by atoms with Crippen molar-refractivity contribution >= 4 is 51.1 Å². The molecule has 5 N–H and O–H groups in total. The third-order valence-electron chi connectivity index (χ3n) is 6.31. The number of ether oxygens (including phenoxy) is 3. The summed E-state index contributed by atoms with van der Waals surface area (Å²) in [4.78, 5) is 48.4. The number of carbonyl (C=O) groups excluding carboxylic acids is 2. The van der Waals surface area contributed by atoms with Gasteiger partial charge in [0.2, 0.25) is 0 Å². The normalized spacial score (nSPS) is 14.4. The molecule has 1 unspecified atom stereocenters. The van der Waals surface area contributed by atoms with Crippen LogP contribution in [0.2, 0.25) is 0 Å². The zero-order chi connectivity index (χ0) is 29.1. The lowest BCUT2D eigenvalue weighted by Gasteiger charge is -2.32. The molecule has 4 aromatic rings. The number of morpholine rings is 1. The van der Waals surface area contributed by atoms with Crippen LogP contribution < -0.4 is 25.8 Å². The number of pyridine rings is 1. The van der Waals surface area contributed by atoms with Crippen LogP contribution in [-0.2, 0) is 9.53 Å². The van der Waals surface area contributed by atoms with E-state index in [4.69, 9.17) is 19.9 Å². The molecule has 214 valence electrons. The van der Waals surface area contributed by atoms with Gasteiger partial charge in [0.05, 0.1) is 60.8 Å². The average molecular weight is 583 g/mol. The number of amides is 3. The summed E-state index contributed by atoms with van der Waals surface area (Å²) >= 11 is 1.08. The standard InChI is InChI=1S/C25H26N8O7S/c1-38-13-3-4-16(18(9-13)39-2)30-24(37)31-25-27-12-19(41-25)17-10-14(23(35)36)15-11-28-33(21(15)29-17)22(20(26)34)32-5-7-40-8-6-32/h3-4,9-12,22H,5-8H2,1-2H3,(H2,26,34)(H,35,36)(H2,27,30,31,37). The summed E-state index contributed by atoms with van der Waals surface area (Å²) < 4.78 is 17.2. The first kappa shape index (κ1) is 27.8. The highest BCUT2D eigenvalue weighted by Crippen LogP contribution is 2.33. The van der Waals surface area contributed by atoms with Gasteiger partial charge in [-0.15, -0.1) is 0 Å². The number of aromatic carboxylic acids is 1. The lowest BCUT2D eigenvalue weighted by molar-refractivity contribution is -0.129. The van der Waals surface area contributed by atoms with E-state index in [9.17, 15) is 19.5 Å². The number of hydrogen-bond acceptors (Lipinski definition) is 11. The molecule has 0 aliphatic carbocycles. The van der Waals surface area contributed by atoms with Crippen LogP contribution in [0.3, 0.4) is 0 Å². The molecule has 1 aliphatic heterocycles. The number of carboxylic acid groups (broad SMARTS) is 1. The van der Waals surface area contributed by atoms with Crippen LogP contribution in [0.5, 0.6) is 11.5 Å². The van der Waals surface area contributed by atoms with Crippen molar-refractivity contribution in [1.82, 2.24) is 24.6 Å². The Morgan fingerprint density at radius 1 is 1.12 bits per heavy atom. The van der Waals surface area contributed by atoms with Gasteiger partial charge in [0.25, 0.3) is 5.91 Å². The summed E-state index contributed by atoms with van der Waals surface area (Å²) in [5.74, 6) is -0.891. The van der Waals surface area contributed by atoms with Crippen molar-refractivity contribution in [3.63, 3.8) is 0 Å². The molecule has 5 rings (SSSR count). The number of urea groups is 1. The summed E-state index contributed by atoms with van der Waals surface area (Å²) in [6, 6.07) is 5.76. The van der Waals surface area contributed by atoms with E-state index in [0.717, 1.165) is 11.3 Å². The minimum atomic E-state index is -1.20. The van der Waals surface area contributed by atoms with Crippen LogP contribution >= 0.6 is 11.3 Å². The van der Waals surface area contributed by atoms with Crippen LogP contribution in [0.1, 0.15) is 16.5 Å². The maximum absolute atomic E-state index is 12.7. The Balaban J connectivity index is 1.43. The Kier molecular flexibility index (Phi) is 7.95. The van der Waals surface area contributed by atoms with E-state index in [-0.39, 0.29) is 27.4 Å². The molecule has 1 atom stereocenters. The topological polar surface area (TPSA) is 196 Å². The van der Waals surface area contributed by atoms with Crippen molar-refractivity contribution in [2.75, 3.05) is 51.2 Å². The predicted octanol–water partition coefficient (Wildman–Crippen LogP) is 2.23. The zero-order valence-corrected chi connectivity index (χ0v) is 22.8. The van der Waals surface area contributed by atoms with E-state index in [2.05, 4.69) is 25.7 Å². The lowest BCUT2D eigenvalue weighted by Crippen LogP contribution is -2.47. The fourth-order valence-electron chi connectivity index (χ4n) is 4.38. The molecule has 0 saturated carbocycles. The highest BCUT2D eigenvalue weighted by molar-refractivity contribution is 7.19. The molecule has 1 aromatic carbocycles. The third kappa shape index (κ3) is 5.74. The number of aromatic nitrogens is 4. The van der Waals surface area contributed by atoms with Gasteiger partial charge >= 0.3 is 12.0 Å². The minimum absolute atomic E-state index is 0.0614. The van der Waals surface area contributed by atoms with Crippen LogP contribution in [0.4, 0.5) is 15.6 Å². The molecular formula is C25H26N8O7S. The zero-order valence-electron chi connectivity index (χ0n) is 22.0. The minimum Gasteiger partial charge on any atom is -0.497 e. The van der Waals surface area contributed by atoms with Gasteiger partial charge < -0.3 is 30.4 Å². The molecule has 1 fully saturated rings. The highest BCUT2D eigenvalue weighted by Gasteiger charge is 2.31. The van der Waals surface area contributed by atoms with Gasteiger partial charge in [-0.1, -0.05) is 11.3 Å². The average Bonchev–Trinajstić information content (AvgIpc) is 3.60. The summed E-state index contributed by atoms with van der Waals surface area (Å²) in [6.07, 6.45) is 1.82. The van der Waals surface area contributed by atoms with Crippen LogP contribution in [-0.4, -0.2) is 88.2 Å². The highest BCUT2D eigenvalue weighted by atomic mass is 32.1. The molecule has 3 aromatic heterocycles. The second kappa shape index (κ2) is 11.7. The van der Waals surface area contributed by atoms with Crippen LogP contribution in [0.25, 0.3) is 21.6 Å². The van der Waals surface area contributed by atoms with Gasteiger partial charge in [-0.3, -0.25) is 15.0 Å². The van der Waals surface area contributed by atoms with E-state index in [1.54, 1.807) is 23.1 Å². The number of nitrogens with zero attached hydrogens (tertiary/aromatic N) is 5. The van der Waals surface area contributed by atoms with Crippen molar-refractivity contribution in [2.24, 2.45) is 5.73 Å². The number of benzene rings is 1. The number of methoxy groups -OCH3 is 2. The summed E-state index contributed by atoms with van der Waals surface area (Å²) in [5, 5.41) is 20.0. The fraction of sp³-hybridized carbons (Fsp3) is 0.280. The third-order valence-corrected chi connectivity index (χ3v) is 7.25.